The molecule has 16 heavy (non-hydrogen) atoms. The number of aromatic nitrogens is 1. The first-order valence-corrected chi connectivity index (χ1v) is 5.50. The fraction of sp³-hybridized carbons (Fsp3) is 0.154. The molecular formula is C13H11ClN2. The van der Waals surface area contributed by atoms with E-state index in [1.165, 1.54) is 5.56 Å². The van der Waals surface area contributed by atoms with E-state index in [1.807, 2.05) is 18.2 Å². The van der Waals surface area contributed by atoms with Gasteiger partial charge in [0.05, 0.1) is 11.3 Å². The fourth-order valence-electron chi connectivity index (χ4n) is 1.78. The third kappa shape index (κ3) is 1.82. The Bertz CT molecular complexity index is 549. The number of halogens is 1. The molecular weight excluding hydrogens is 220 g/mol. The number of nitrogens with zero attached hydrogens (tertiary/aromatic N) is 1. The van der Waals surface area contributed by atoms with E-state index in [0.717, 1.165) is 17.7 Å². The van der Waals surface area contributed by atoms with Crippen molar-refractivity contribution >= 4 is 11.6 Å². The summed E-state index contributed by atoms with van der Waals surface area (Å²) < 4.78 is 0. The summed E-state index contributed by atoms with van der Waals surface area (Å²) in [6.45, 7) is 2.09. The van der Waals surface area contributed by atoms with Gasteiger partial charge in [-0.2, -0.15) is 5.26 Å². The summed E-state index contributed by atoms with van der Waals surface area (Å²) in [6, 6.07) is 9.71. The maximum Gasteiger partial charge on any atom is 0.101 e. The molecule has 0 unspecified atom stereocenters. The van der Waals surface area contributed by atoms with Crippen molar-refractivity contribution in [3.63, 3.8) is 0 Å². The molecule has 80 valence electrons. The Morgan fingerprint density at radius 1 is 1.38 bits per heavy atom. The van der Waals surface area contributed by atoms with E-state index in [4.69, 9.17) is 16.9 Å². The summed E-state index contributed by atoms with van der Waals surface area (Å²) in [7, 11) is 0. The average Bonchev–Trinajstić information content (AvgIpc) is 2.76. The maximum atomic E-state index is 9.00. The van der Waals surface area contributed by atoms with Gasteiger partial charge < -0.3 is 4.98 Å². The minimum Gasteiger partial charge on any atom is -0.360 e. The van der Waals surface area contributed by atoms with Crippen molar-refractivity contribution < 1.29 is 0 Å². The monoisotopic (exact) mass is 230 g/mol. The Kier molecular flexibility index (Phi) is 2.98. The smallest absolute Gasteiger partial charge is 0.101 e. The Labute approximate surface area is 99.5 Å². The lowest BCUT2D eigenvalue weighted by atomic mass is 10.0. The van der Waals surface area contributed by atoms with Crippen LogP contribution in [0.1, 0.15) is 18.1 Å². The molecule has 1 N–H and O–H groups in total. The van der Waals surface area contributed by atoms with Gasteiger partial charge in [-0.3, -0.25) is 0 Å². The molecule has 0 atom stereocenters. The second-order valence-corrected chi connectivity index (χ2v) is 3.97. The summed E-state index contributed by atoms with van der Waals surface area (Å²) in [5.41, 5.74) is 3.69. The molecule has 0 fully saturated rings. The largest absolute Gasteiger partial charge is 0.360 e. The van der Waals surface area contributed by atoms with Gasteiger partial charge in [-0.05, 0) is 30.2 Å². The van der Waals surface area contributed by atoms with Crippen molar-refractivity contribution in [2.24, 2.45) is 0 Å². The minimum absolute atomic E-state index is 0.650. The van der Waals surface area contributed by atoms with E-state index in [2.05, 4.69) is 18.0 Å². The van der Waals surface area contributed by atoms with E-state index in [0.29, 0.717) is 10.6 Å². The number of hydrogen-bond donors (Lipinski definition) is 1. The molecule has 0 saturated heterocycles. The fourth-order valence-corrected chi connectivity index (χ4v) is 1.95. The summed E-state index contributed by atoms with van der Waals surface area (Å²) >= 11 is 5.99. The predicted octanol–water partition coefficient (Wildman–Crippen LogP) is 3.77. The van der Waals surface area contributed by atoms with Crippen LogP contribution < -0.4 is 0 Å². The number of aryl methyl sites for hydroxylation is 1. The average molecular weight is 231 g/mol. The van der Waals surface area contributed by atoms with Gasteiger partial charge in [-0.1, -0.05) is 24.6 Å². The van der Waals surface area contributed by atoms with Crippen LogP contribution in [0.5, 0.6) is 0 Å². The lowest BCUT2D eigenvalue weighted by molar-refractivity contribution is 1.14. The molecule has 2 nitrogen and oxygen atoms in total. The van der Waals surface area contributed by atoms with E-state index in [1.54, 1.807) is 12.3 Å². The first-order chi connectivity index (χ1) is 7.76. The minimum atomic E-state index is 0.650. The van der Waals surface area contributed by atoms with Crippen molar-refractivity contribution in [1.82, 2.24) is 4.98 Å². The Hall–Kier alpha value is -1.72. The predicted molar refractivity (Wildman–Crippen MR) is 65.3 cm³/mol. The summed E-state index contributed by atoms with van der Waals surface area (Å²) in [6.07, 6.45) is 2.69. The quantitative estimate of drug-likeness (QED) is 0.838. The standard InChI is InChI=1S/C13H11ClN2/c1-2-9-3-4-11(14)7-12(9)13-10(8-15)5-6-16-13/h3-7,16H,2H2,1H3. The molecule has 0 spiro atoms. The summed E-state index contributed by atoms with van der Waals surface area (Å²) in [5.74, 6) is 0. The van der Waals surface area contributed by atoms with Crippen LogP contribution in [-0.2, 0) is 6.42 Å². The molecule has 1 aromatic heterocycles. The van der Waals surface area contributed by atoms with Crippen molar-refractivity contribution in [3.8, 4) is 17.3 Å². The van der Waals surface area contributed by atoms with Crippen molar-refractivity contribution in [2.45, 2.75) is 13.3 Å². The molecule has 1 aromatic carbocycles. The molecule has 2 aromatic rings. The number of rotatable bonds is 2. The molecule has 0 amide bonds. The summed E-state index contributed by atoms with van der Waals surface area (Å²) in [4.78, 5) is 3.09. The van der Waals surface area contributed by atoms with Gasteiger partial charge in [-0.25, -0.2) is 0 Å². The topological polar surface area (TPSA) is 39.6 Å². The van der Waals surface area contributed by atoms with Gasteiger partial charge in [0.25, 0.3) is 0 Å². The normalized spacial score (nSPS) is 10.1. The third-order valence-corrected chi connectivity index (χ3v) is 2.82. The number of nitriles is 1. The molecule has 1 heterocycles. The van der Waals surface area contributed by atoms with Gasteiger partial charge in [0.15, 0.2) is 0 Å². The Morgan fingerprint density at radius 2 is 2.19 bits per heavy atom. The zero-order chi connectivity index (χ0) is 11.5. The third-order valence-electron chi connectivity index (χ3n) is 2.59. The zero-order valence-corrected chi connectivity index (χ0v) is 9.67. The zero-order valence-electron chi connectivity index (χ0n) is 8.92. The van der Waals surface area contributed by atoms with Crippen LogP contribution in [0.25, 0.3) is 11.3 Å². The molecule has 2 rings (SSSR count). The van der Waals surface area contributed by atoms with E-state index >= 15 is 0 Å². The van der Waals surface area contributed by atoms with Crippen LogP contribution in [-0.4, -0.2) is 4.98 Å². The highest BCUT2D eigenvalue weighted by Crippen LogP contribution is 2.28. The van der Waals surface area contributed by atoms with E-state index < -0.39 is 0 Å². The second kappa shape index (κ2) is 4.42. The Balaban J connectivity index is 2.63. The van der Waals surface area contributed by atoms with Gasteiger partial charge in [0, 0.05) is 16.8 Å². The molecule has 0 aliphatic heterocycles. The first-order valence-electron chi connectivity index (χ1n) is 5.12. The van der Waals surface area contributed by atoms with Crippen LogP contribution >= 0.6 is 11.6 Å². The van der Waals surface area contributed by atoms with Crippen LogP contribution in [0.4, 0.5) is 0 Å². The van der Waals surface area contributed by atoms with Gasteiger partial charge in [-0.15, -0.1) is 0 Å². The first kappa shape index (κ1) is 10.8. The molecule has 3 heteroatoms. The number of hydrogen-bond acceptors (Lipinski definition) is 1. The second-order valence-electron chi connectivity index (χ2n) is 3.53. The molecule has 0 aliphatic rings. The number of aromatic amines is 1. The van der Waals surface area contributed by atoms with Crippen LogP contribution in [0, 0.1) is 11.3 Å². The highest BCUT2D eigenvalue weighted by molar-refractivity contribution is 6.30. The van der Waals surface area contributed by atoms with Gasteiger partial charge in [0.2, 0.25) is 0 Å². The lowest BCUT2D eigenvalue weighted by Crippen LogP contribution is -1.89. The number of benzene rings is 1. The Morgan fingerprint density at radius 3 is 2.88 bits per heavy atom. The van der Waals surface area contributed by atoms with Gasteiger partial charge >= 0.3 is 0 Å². The van der Waals surface area contributed by atoms with Crippen LogP contribution in [0.3, 0.4) is 0 Å². The van der Waals surface area contributed by atoms with Crippen molar-refractivity contribution in [3.05, 3.63) is 46.6 Å². The van der Waals surface area contributed by atoms with Crippen LogP contribution in [0.2, 0.25) is 5.02 Å². The van der Waals surface area contributed by atoms with Crippen molar-refractivity contribution in [1.29, 1.82) is 5.26 Å². The van der Waals surface area contributed by atoms with Crippen molar-refractivity contribution in [2.75, 3.05) is 0 Å². The summed E-state index contributed by atoms with van der Waals surface area (Å²) in [5, 5.41) is 9.68. The maximum absolute atomic E-state index is 9.00. The van der Waals surface area contributed by atoms with E-state index in [-0.39, 0.29) is 0 Å². The van der Waals surface area contributed by atoms with Crippen LogP contribution in [0.15, 0.2) is 30.5 Å². The molecule has 0 radical (unpaired) electrons. The molecule has 0 bridgehead atoms. The number of H-pyrrole nitrogens is 1. The molecule has 0 saturated carbocycles. The highest BCUT2D eigenvalue weighted by Gasteiger charge is 2.10. The van der Waals surface area contributed by atoms with E-state index in [9.17, 15) is 0 Å². The number of nitrogens with one attached hydrogen (secondary N) is 1. The SMILES string of the molecule is CCc1ccc(Cl)cc1-c1[nH]ccc1C#N. The van der Waals surface area contributed by atoms with Gasteiger partial charge in [0.1, 0.15) is 6.07 Å². The lowest BCUT2D eigenvalue weighted by Gasteiger charge is -2.07. The highest BCUT2D eigenvalue weighted by atomic mass is 35.5. The molecule has 0 aliphatic carbocycles.